The van der Waals surface area contributed by atoms with E-state index >= 15 is 0 Å². The van der Waals surface area contributed by atoms with Gasteiger partial charge in [0.2, 0.25) is 0 Å². The number of likely N-dealkylation sites (tertiary alicyclic amines) is 1. The van der Waals surface area contributed by atoms with Crippen molar-refractivity contribution in [1.82, 2.24) is 4.90 Å². The predicted octanol–water partition coefficient (Wildman–Crippen LogP) is 2.36. The van der Waals surface area contributed by atoms with Crippen molar-refractivity contribution in [1.29, 1.82) is 0 Å². The maximum Gasteiger partial charge on any atom is 0.323 e. The predicted molar refractivity (Wildman–Crippen MR) is 68.4 cm³/mol. The van der Waals surface area contributed by atoms with E-state index < -0.39 is 17.3 Å². The number of carboxylic acids is 1. The lowest BCUT2D eigenvalue weighted by molar-refractivity contribution is -0.153. The summed E-state index contributed by atoms with van der Waals surface area (Å²) < 4.78 is 13.2. The number of benzene rings is 1. The van der Waals surface area contributed by atoms with Crippen LogP contribution in [-0.4, -0.2) is 33.2 Å². The van der Waals surface area contributed by atoms with Gasteiger partial charge in [-0.2, -0.15) is 0 Å². The summed E-state index contributed by atoms with van der Waals surface area (Å²) in [7, 11) is 0. The smallest absolute Gasteiger partial charge is 0.323 e. The second-order valence-corrected chi connectivity index (χ2v) is 5.23. The minimum Gasteiger partial charge on any atom is -0.508 e. The van der Waals surface area contributed by atoms with Crippen LogP contribution in [0.1, 0.15) is 31.7 Å². The number of hydrogen-bond acceptors (Lipinski definition) is 3. The maximum absolute atomic E-state index is 13.2. The maximum atomic E-state index is 13.2. The first-order valence-corrected chi connectivity index (χ1v) is 6.39. The molecule has 1 heterocycles. The van der Waals surface area contributed by atoms with Crippen molar-refractivity contribution in [3.8, 4) is 5.75 Å². The molecule has 1 aromatic rings. The summed E-state index contributed by atoms with van der Waals surface area (Å²) in [5, 5.41) is 19.1. The van der Waals surface area contributed by atoms with Gasteiger partial charge in [-0.1, -0.05) is 0 Å². The van der Waals surface area contributed by atoms with Gasteiger partial charge in [0.05, 0.1) is 0 Å². The number of phenolic OH excluding ortho intramolecular Hbond substituents is 1. The third-order valence-corrected chi connectivity index (χ3v) is 3.90. The molecule has 1 aliphatic heterocycles. The number of piperidine rings is 1. The molecule has 1 aromatic carbocycles. The molecule has 2 rings (SSSR count). The lowest BCUT2D eigenvalue weighted by Crippen LogP contribution is -2.54. The Labute approximate surface area is 111 Å². The minimum absolute atomic E-state index is 0.000266. The molecule has 2 N–H and O–H groups in total. The zero-order chi connectivity index (χ0) is 14.0. The molecule has 1 aliphatic rings. The molecule has 0 radical (unpaired) electrons. The van der Waals surface area contributed by atoms with Crippen molar-refractivity contribution < 1.29 is 19.4 Å². The third-order valence-electron chi connectivity index (χ3n) is 3.90. The monoisotopic (exact) mass is 267 g/mol. The van der Waals surface area contributed by atoms with E-state index in [4.69, 9.17) is 0 Å². The van der Waals surface area contributed by atoms with Crippen LogP contribution in [0, 0.1) is 5.82 Å². The van der Waals surface area contributed by atoms with Gasteiger partial charge in [-0.3, -0.25) is 9.69 Å². The molecular weight excluding hydrogens is 249 g/mol. The minimum atomic E-state index is -0.947. The van der Waals surface area contributed by atoms with Gasteiger partial charge in [0.15, 0.2) is 0 Å². The van der Waals surface area contributed by atoms with Gasteiger partial charge in [-0.05, 0) is 50.9 Å². The van der Waals surface area contributed by atoms with Crippen molar-refractivity contribution in [2.45, 2.75) is 38.3 Å². The second-order valence-electron chi connectivity index (χ2n) is 5.23. The quantitative estimate of drug-likeness (QED) is 0.882. The average Bonchev–Trinajstić information content (AvgIpc) is 2.36. The SMILES string of the molecule is CC1(C(=O)O)CCCCN1Cc1cc(F)ccc1O. The van der Waals surface area contributed by atoms with Crippen LogP contribution in [0.25, 0.3) is 0 Å². The second kappa shape index (κ2) is 5.17. The first kappa shape index (κ1) is 13.8. The van der Waals surface area contributed by atoms with E-state index in [0.717, 1.165) is 12.8 Å². The first-order valence-electron chi connectivity index (χ1n) is 6.39. The standard InChI is InChI=1S/C14H18FNO3/c1-14(13(18)19)6-2-3-7-16(14)9-10-8-11(15)4-5-12(10)17/h4-5,8,17H,2-3,6-7,9H2,1H3,(H,18,19). The highest BCUT2D eigenvalue weighted by Crippen LogP contribution is 2.31. The zero-order valence-electron chi connectivity index (χ0n) is 10.9. The number of aliphatic carboxylic acids is 1. The summed E-state index contributed by atoms with van der Waals surface area (Å²) >= 11 is 0. The first-order chi connectivity index (χ1) is 8.93. The Bertz CT molecular complexity index is 492. The van der Waals surface area contributed by atoms with Crippen LogP contribution in [0.15, 0.2) is 18.2 Å². The zero-order valence-corrected chi connectivity index (χ0v) is 10.9. The van der Waals surface area contributed by atoms with Crippen molar-refractivity contribution in [3.63, 3.8) is 0 Å². The normalized spacial score (nSPS) is 24.3. The molecule has 0 aromatic heterocycles. The molecule has 0 saturated carbocycles. The molecular formula is C14H18FNO3. The molecule has 5 heteroatoms. The summed E-state index contributed by atoms with van der Waals surface area (Å²) in [5.41, 5.74) is -0.522. The van der Waals surface area contributed by atoms with Gasteiger partial charge in [-0.15, -0.1) is 0 Å². The van der Waals surface area contributed by atoms with Gasteiger partial charge < -0.3 is 10.2 Å². The van der Waals surface area contributed by atoms with Crippen molar-refractivity contribution in [2.24, 2.45) is 0 Å². The Morgan fingerprint density at radius 3 is 2.89 bits per heavy atom. The largest absolute Gasteiger partial charge is 0.508 e. The molecule has 0 spiro atoms. The summed E-state index contributed by atoms with van der Waals surface area (Å²) in [4.78, 5) is 13.2. The number of carboxylic acid groups (broad SMARTS) is 1. The third kappa shape index (κ3) is 2.71. The van der Waals surface area contributed by atoms with Crippen molar-refractivity contribution >= 4 is 5.97 Å². The van der Waals surface area contributed by atoms with Crippen molar-refractivity contribution in [2.75, 3.05) is 6.54 Å². The van der Waals surface area contributed by atoms with E-state index in [9.17, 15) is 19.4 Å². The van der Waals surface area contributed by atoms with Gasteiger partial charge in [0.1, 0.15) is 17.1 Å². The lowest BCUT2D eigenvalue weighted by Gasteiger charge is -2.41. The molecule has 1 unspecified atom stereocenters. The Balaban J connectivity index is 2.25. The van der Waals surface area contributed by atoms with Crippen molar-refractivity contribution in [3.05, 3.63) is 29.6 Å². The Morgan fingerprint density at radius 2 is 2.21 bits per heavy atom. The summed E-state index contributed by atoms with van der Waals surface area (Å²) in [6.07, 6.45) is 2.35. The van der Waals surface area contributed by atoms with Crippen LogP contribution in [0.2, 0.25) is 0 Å². The van der Waals surface area contributed by atoms with Gasteiger partial charge in [0.25, 0.3) is 0 Å². The molecule has 1 saturated heterocycles. The average molecular weight is 267 g/mol. The Hall–Kier alpha value is -1.62. The van der Waals surface area contributed by atoms with E-state index in [-0.39, 0.29) is 12.3 Å². The molecule has 0 aliphatic carbocycles. The summed E-state index contributed by atoms with van der Waals surface area (Å²) in [6, 6.07) is 3.74. The molecule has 1 fully saturated rings. The molecule has 0 bridgehead atoms. The molecule has 104 valence electrons. The van der Waals surface area contributed by atoms with E-state index in [1.165, 1.54) is 18.2 Å². The summed E-state index contributed by atoms with van der Waals surface area (Å²) in [6.45, 7) is 2.57. The number of phenols is 1. The highest BCUT2D eigenvalue weighted by atomic mass is 19.1. The fourth-order valence-electron chi connectivity index (χ4n) is 2.56. The van der Waals surface area contributed by atoms with Gasteiger partial charge >= 0.3 is 5.97 Å². The highest BCUT2D eigenvalue weighted by molar-refractivity contribution is 5.78. The Morgan fingerprint density at radius 1 is 1.47 bits per heavy atom. The van der Waals surface area contributed by atoms with Gasteiger partial charge in [-0.25, -0.2) is 4.39 Å². The number of rotatable bonds is 3. The highest BCUT2D eigenvalue weighted by Gasteiger charge is 2.41. The molecule has 1 atom stereocenters. The van der Waals surface area contributed by atoms with E-state index in [1.54, 1.807) is 11.8 Å². The number of hydrogen-bond donors (Lipinski definition) is 2. The van der Waals surface area contributed by atoms with Crippen LogP contribution in [0.4, 0.5) is 4.39 Å². The fourth-order valence-corrected chi connectivity index (χ4v) is 2.56. The number of nitrogens with zero attached hydrogens (tertiary/aromatic N) is 1. The fraction of sp³-hybridized carbons (Fsp3) is 0.500. The van der Waals surface area contributed by atoms with Crippen LogP contribution >= 0.6 is 0 Å². The van der Waals surface area contributed by atoms with Crippen LogP contribution in [0.5, 0.6) is 5.75 Å². The lowest BCUT2D eigenvalue weighted by atomic mass is 9.88. The van der Waals surface area contributed by atoms with E-state index in [1.807, 2.05) is 0 Å². The molecule has 19 heavy (non-hydrogen) atoms. The number of halogens is 1. The van der Waals surface area contributed by atoms with E-state index in [0.29, 0.717) is 18.5 Å². The Kier molecular flexibility index (Phi) is 3.75. The van der Waals surface area contributed by atoms with Gasteiger partial charge in [0, 0.05) is 12.1 Å². The number of carbonyl (C=O) groups is 1. The topological polar surface area (TPSA) is 60.8 Å². The number of aromatic hydroxyl groups is 1. The summed E-state index contributed by atoms with van der Waals surface area (Å²) in [5.74, 6) is -1.30. The van der Waals surface area contributed by atoms with E-state index in [2.05, 4.69) is 0 Å². The molecule has 4 nitrogen and oxygen atoms in total. The van der Waals surface area contributed by atoms with Crippen LogP contribution < -0.4 is 0 Å². The van der Waals surface area contributed by atoms with Crippen LogP contribution in [0.3, 0.4) is 0 Å². The molecule has 0 amide bonds. The van der Waals surface area contributed by atoms with Crippen LogP contribution in [-0.2, 0) is 11.3 Å².